The van der Waals surface area contributed by atoms with Crippen molar-refractivity contribution in [3.63, 3.8) is 0 Å². The number of fused-ring (bicyclic) bond motifs is 2. The second-order valence-corrected chi connectivity index (χ2v) is 11.2. The SMILES string of the molecule is CCC1(c2ccc3c(c2)OCCO3)NC(=O)N(CCCCCOc2c(Cc3ccccc3)cnc3c(C)cccc23)C1=O. The van der Waals surface area contributed by atoms with Gasteiger partial charge in [0.2, 0.25) is 0 Å². The molecule has 0 aliphatic carbocycles. The Balaban J connectivity index is 1.08. The van der Waals surface area contributed by atoms with Gasteiger partial charge in [0.25, 0.3) is 5.91 Å². The van der Waals surface area contributed by atoms with Gasteiger partial charge in [0, 0.05) is 30.1 Å². The van der Waals surface area contributed by atoms with Gasteiger partial charge in [-0.15, -0.1) is 0 Å². The molecule has 0 spiro atoms. The summed E-state index contributed by atoms with van der Waals surface area (Å²) < 4.78 is 17.8. The Morgan fingerprint density at radius 3 is 2.58 bits per heavy atom. The van der Waals surface area contributed by atoms with Crippen molar-refractivity contribution < 1.29 is 23.8 Å². The van der Waals surface area contributed by atoms with Crippen molar-refractivity contribution in [1.29, 1.82) is 0 Å². The molecule has 3 amide bonds. The number of rotatable bonds is 11. The van der Waals surface area contributed by atoms with E-state index in [1.54, 1.807) is 0 Å². The summed E-state index contributed by atoms with van der Waals surface area (Å²) in [6.45, 7) is 5.81. The van der Waals surface area contributed by atoms with Crippen LogP contribution in [0.2, 0.25) is 0 Å². The predicted molar refractivity (Wildman–Crippen MR) is 165 cm³/mol. The number of amides is 3. The number of imide groups is 1. The number of nitrogens with one attached hydrogen (secondary N) is 1. The number of ether oxygens (including phenoxy) is 3. The van der Waals surface area contributed by atoms with E-state index < -0.39 is 5.54 Å². The molecule has 1 N–H and O–H groups in total. The van der Waals surface area contributed by atoms with Gasteiger partial charge in [0.1, 0.15) is 24.5 Å². The summed E-state index contributed by atoms with van der Waals surface area (Å²) in [6.07, 6.45) is 5.41. The second-order valence-electron chi connectivity index (χ2n) is 11.2. The van der Waals surface area contributed by atoms with E-state index in [2.05, 4.69) is 36.5 Å². The van der Waals surface area contributed by atoms with Crippen molar-refractivity contribution in [3.8, 4) is 17.2 Å². The Labute approximate surface area is 252 Å². The average Bonchev–Trinajstić information content (AvgIpc) is 3.29. The number of urea groups is 1. The lowest BCUT2D eigenvalue weighted by atomic mass is 9.87. The van der Waals surface area contributed by atoms with E-state index in [0.717, 1.165) is 47.0 Å². The van der Waals surface area contributed by atoms with Crippen LogP contribution in [0.1, 0.15) is 54.9 Å². The maximum atomic E-state index is 13.6. The van der Waals surface area contributed by atoms with Gasteiger partial charge in [-0.25, -0.2) is 4.79 Å². The van der Waals surface area contributed by atoms with Crippen molar-refractivity contribution in [2.75, 3.05) is 26.4 Å². The third-order valence-electron chi connectivity index (χ3n) is 8.37. The zero-order valence-corrected chi connectivity index (χ0v) is 24.7. The minimum absolute atomic E-state index is 0.225. The summed E-state index contributed by atoms with van der Waals surface area (Å²) in [4.78, 5) is 32.7. The van der Waals surface area contributed by atoms with Crippen LogP contribution in [0.25, 0.3) is 10.9 Å². The maximum Gasteiger partial charge on any atom is 0.325 e. The first-order chi connectivity index (χ1) is 21.0. The Hall–Kier alpha value is -4.59. The number of carbonyl (C=O) groups is 2. The molecule has 1 unspecified atom stereocenters. The second kappa shape index (κ2) is 12.3. The highest BCUT2D eigenvalue weighted by molar-refractivity contribution is 6.07. The van der Waals surface area contributed by atoms with Crippen LogP contribution in [0, 0.1) is 6.92 Å². The quantitative estimate of drug-likeness (QED) is 0.165. The number of para-hydroxylation sites is 1. The summed E-state index contributed by atoms with van der Waals surface area (Å²) in [5, 5.41) is 3.99. The average molecular weight is 580 g/mol. The first-order valence-electron chi connectivity index (χ1n) is 15.1. The largest absolute Gasteiger partial charge is 0.493 e. The molecule has 8 heteroatoms. The molecular weight excluding hydrogens is 542 g/mol. The Morgan fingerprint density at radius 1 is 0.953 bits per heavy atom. The van der Waals surface area contributed by atoms with E-state index in [1.807, 2.05) is 55.6 Å². The molecule has 1 fully saturated rings. The van der Waals surface area contributed by atoms with Gasteiger partial charge < -0.3 is 19.5 Å². The number of hydrogen-bond acceptors (Lipinski definition) is 6. The molecule has 1 aromatic heterocycles. The molecule has 43 heavy (non-hydrogen) atoms. The lowest BCUT2D eigenvalue weighted by molar-refractivity contribution is -0.131. The van der Waals surface area contributed by atoms with Gasteiger partial charge in [0.15, 0.2) is 11.5 Å². The third-order valence-corrected chi connectivity index (χ3v) is 8.37. The molecule has 2 aliphatic heterocycles. The van der Waals surface area contributed by atoms with Gasteiger partial charge in [-0.05, 0) is 67.5 Å². The Bertz CT molecular complexity index is 1640. The number of carbonyl (C=O) groups excluding carboxylic acids is 2. The van der Waals surface area contributed by atoms with Crippen LogP contribution in [0.4, 0.5) is 4.79 Å². The van der Waals surface area contributed by atoms with Crippen LogP contribution in [-0.2, 0) is 16.8 Å². The molecule has 0 saturated carbocycles. The van der Waals surface area contributed by atoms with Crippen molar-refractivity contribution in [1.82, 2.24) is 15.2 Å². The Morgan fingerprint density at radius 2 is 1.77 bits per heavy atom. The van der Waals surface area contributed by atoms with Gasteiger partial charge in [-0.2, -0.15) is 0 Å². The van der Waals surface area contributed by atoms with Crippen molar-refractivity contribution in [3.05, 3.63) is 95.2 Å². The van der Waals surface area contributed by atoms with Gasteiger partial charge in [0.05, 0.1) is 12.1 Å². The first-order valence-corrected chi connectivity index (χ1v) is 15.1. The van der Waals surface area contributed by atoms with E-state index in [4.69, 9.17) is 19.2 Å². The topological polar surface area (TPSA) is 90.0 Å². The molecule has 2 aliphatic rings. The number of unbranched alkanes of at least 4 members (excludes halogenated alkanes) is 2. The summed E-state index contributed by atoms with van der Waals surface area (Å²) >= 11 is 0. The van der Waals surface area contributed by atoms with Crippen LogP contribution in [0.5, 0.6) is 17.2 Å². The highest BCUT2D eigenvalue weighted by Gasteiger charge is 2.51. The standard InChI is InChI=1S/C35H37N3O5/c1-3-35(27-15-16-29-30(22-27)42-20-19-41-29)33(39)38(34(40)37-35)17-8-5-9-18-43-32-26(21-25-12-6-4-7-13-25)23-36-31-24(2)11-10-14-28(31)32/h4,6-7,10-16,22-23H,3,5,8-9,17-21H2,1-2H3,(H,37,40). The van der Waals surface area contributed by atoms with Gasteiger partial charge >= 0.3 is 6.03 Å². The fourth-order valence-corrected chi connectivity index (χ4v) is 6.00. The monoisotopic (exact) mass is 579 g/mol. The number of hydrogen-bond donors (Lipinski definition) is 1. The van der Waals surface area contributed by atoms with E-state index in [0.29, 0.717) is 56.3 Å². The highest BCUT2D eigenvalue weighted by atomic mass is 16.6. The molecule has 6 rings (SSSR count). The van der Waals surface area contributed by atoms with Crippen LogP contribution < -0.4 is 19.5 Å². The van der Waals surface area contributed by atoms with Crippen molar-refractivity contribution in [2.45, 2.75) is 51.5 Å². The summed E-state index contributed by atoms with van der Waals surface area (Å²) in [6, 6.07) is 21.6. The number of benzene rings is 3. The lowest BCUT2D eigenvalue weighted by Crippen LogP contribution is -2.43. The fourth-order valence-electron chi connectivity index (χ4n) is 6.00. The van der Waals surface area contributed by atoms with Crippen LogP contribution in [0.15, 0.2) is 72.9 Å². The maximum absolute atomic E-state index is 13.6. The third kappa shape index (κ3) is 5.61. The number of pyridine rings is 1. The zero-order chi connectivity index (χ0) is 29.8. The lowest BCUT2D eigenvalue weighted by Gasteiger charge is -2.27. The van der Waals surface area contributed by atoms with Crippen LogP contribution in [0.3, 0.4) is 0 Å². The molecule has 0 radical (unpaired) electrons. The molecular formula is C35H37N3O5. The predicted octanol–water partition coefficient (Wildman–Crippen LogP) is 6.31. The van der Waals surface area contributed by atoms with E-state index >= 15 is 0 Å². The molecule has 4 aromatic rings. The zero-order valence-electron chi connectivity index (χ0n) is 24.7. The number of nitrogens with zero attached hydrogens (tertiary/aromatic N) is 2. The molecule has 8 nitrogen and oxygen atoms in total. The molecule has 3 aromatic carbocycles. The Kier molecular flexibility index (Phi) is 8.18. The van der Waals surface area contributed by atoms with Gasteiger partial charge in [-0.1, -0.05) is 55.5 Å². The molecule has 0 bridgehead atoms. The molecule has 222 valence electrons. The van der Waals surface area contributed by atoms with E-state index in [1.165, 1.54) is 10.5 Å². The minimum atomic E-state index is -1.11. The first kappa shape index (κ1) is 28.5. The minimum Gasteiger partial charge on any atom is -0.493 e. The summed E-state index contributed by atoms with van der Waals surface area (Å²) in [5.74, 6) is 1.90. The van der Waals surface area contributed by atoms with Crippen LogP contribution >= 0.6 is 0 Å². The number of aromatic nitrogens is 1. The molecule has 1 atom stereocenters. The summed E-state index contributed by atoms with van der Waals surface area (Å²) in [5.41, 5.74) is 3.92. The number of aryl methyl sites for hydroxylation is 1. The van der Waals surface area contributed by atoms with Gasteiger partial charge in [-0.3, -0.25) is 14.7 Å². The summed E-state index contributed by atoms with van der Waals surface area (Å²) in [7, 11) is 0. The van der Waals surface area contributed by atoms with Crippen LogP contribution in [-0.4, -0.2) is 48.2 Å². The van der Waals surface area contributed by atoms with E-state index in [9.17, 15) is 9.59 Å². The highest BCUT2D eigenvalue weighted by Crippen LogP contribution is 2.39. The normalized spacial score (nSPS) is 17.8. The fraction of sp³-hybridized carbons (Fsp3) is 0.343. The molecule has 3 heterocycles. The van der Waals surface area contributed by atoms with Crippen molar-refractivity contribution >= 4 is 22.8 Å². The molecule has 1 saturated heterocycles. The van der Waals surface area contributed by atoms with E-state index in [-0.39, 0.29) is 11.9 Å². The smallest absolute Gasteiger partial charge is 0.325 e. The van der Waals surface area contributed by atoms with Crippen molar-refractivity contribution in [2.24, 2.45) is 0 Å².